The number of nitrogen functional groups attached to an aromatic ring is 1. The van der Waals surface area contributed by atoms with Gasteiger partial charge < -0.3 is 35.8 Å². The third-order valence-electron chi connectivity index (χ3n) is 8.17. The quantitative estimate of drug-likeness (QED) is 0.0631. The maximum absolute atomic E-state index is 13.9. The van der Waals surface area contributed by atoms with Crippen LogP contribution in [-0.4, -0.2) is 83.0 Å². The molecular formula is C34H26F2N12O9. The van der Waals surface area contributed by atoms with Crippen LogP contribution in [0.25, 0.3) is 11.3 Å². The third kappa shape index (κ3) is 7.79. The first-order chi connectivity index (χ1) is 27.4. The van der Waals surface area contributed by atoms with Crippen molar-refractivity contribution in [3.8, 4) is 11.5 Å². The average Bonchev–Trinajstić information content (AvgIpc) is 3.78. The highest BCUT2D eigenvalue weighted by atomic mass is 19.1. The number of aromatic nitrogens is 6. The summed E-state index contributed by atoms with van der Waals surface area (Å²) in [4.78, 5) is 78.8. The van der Waals surface area contributed by atoms with E-state index in [2.05, 4.69) is 41.4 Å². The van der Waals surface area contributed by atoms with Crippen LogP contribution in [-0.2, 0) is 22.7 Å². The Morgan fingerprint density at radius 2 is 1.18 bits per heavy atom. The summed E-state index contributed by atoms with van der Waals surface area (Å²) in [5.41, 5.74) is 2.58. The fraction of sp³-hybridized carbons (Fsp3) is 0.118. The Bertz CT molecular complexity index is 2660. The van der Waals surface area contributed by atoms with Crippen LogP contribution in [0.1, 0.15) is 53.1 Å². The number of benzene rings is 2. The van der Waals surface area contributed by atoms with E-state index in [1.54, 1.807) is 36.4 Å². The van der Waals surface area contributed by atoms with Crippen LogP contribution in [0.2, 0.25) is 0 Å². The molecule has 0 radical (unpaired) electrons. The van der Waals surface area contributed by atoms with E-state index in [9.17, 15) is 42.7 Å². The van der Waals surface area contributed by atoms with Crippen molar-refractivity contribution in [1.82, 2.24) is 45.3 Å². The van der Waals surface area contributed by atoms with Gasteiger partial charge in [-0.2, -0.15) is 10.2 Å². The number of ether oxygens (including phenoxy) is 2. The molecule has 23 heteroatoms. The Morgan fingerprint density at radius 3 is 1.63 bits per heavy atom. The number of anilines is 2. The Hall–Kier alpha value is -8.08. The first-order valence-corrected chi connectivity index (χ1v) is 16.4. The minimum absolute atomic E-state index is 0.0545. The lowest BCUT2D eigenvalue weighted by molar-refractivity contribution is -0.119. The minimum atomic E-state index is -1.38. The smallest absolute Gasteiger partial charge is 0.354 e. The molecule has 5 amide bonds. The summed E-state index contributed by atoms with van der Waals surface area (Å²) in [7, 11) is 0. The number of nitrogens with zero attached hydrogens (tertiary/aromatic N) is 6. The summed E-state index contributed by atoms with van der Waals surface area (Å²) in [5, 5.41) is 27.1. The SMILES string of the molecule is NNC(=O)c1cc(C(=O)NCc2ccc3c(c2)NC(=O)CO3)nc2c(F)cnn12.O=C1COc2ccc(CNC(=O)c3cc(C(=O)O)n4ncc(F)c4n3)cc2N1. The van der Waals surface area contributed by atoms with Gasteiger partial charge in [-0.1, -0.05) is 12.1 Å². The van der Waals surface area contributed by atoms with Gasteiger partial charge in [0.25, 0.3) is 29.5 Å². The van der Waals surface area contributed by atoms with Crippen molar-refractivity contribution in [3.05, 3.63) is 106 Å². The van der Waals surface area contributed by atoms with Crippen LogP contribution < -0.4 is 42.0 Å². The maximum atomic E-state index is 13.9. The summed E-state index contributed by atoms with van der Waals surface area (Å²) in [6, 6.07) is 12.2. The Kier molecular flexibility index (Phi) is 10.0. The largest absolute Gasteiger partial charge is 0.482 e. The number of hydrogen-bond acceptors (Lipinski definition) is 13. The van der Waals surface area contributed by atoms with Crippen LogP contribution in [0, 0.1) is 11.6 Å². The molecule has 0 atom stereocenters. The molecule has 290 valence electrons. The first-order valence-electron chi connectivity index (χ1n) is 16.4. The summed E-state index contributed by atoms with van der Waals surface area (Å²) in [6.45, 7) is 0.0450. The van der Waals surface area contributed by atoms with Gasteiger partial charge in [-0.25, -0.2) is 38.4 Å². The highest BCUT2D eigenvalue weighted by molar-refractivity contribution is 5.99. The van der Waals surface area contributed by atoms with Crippen molar-refractivity contribution in [2.24, 2.45) is 5.84 Å². The van der Waals surface area contributed by atoms with Gasteiger partial charge in [-0.05, 0) is 35.4 Å². The van der Waals surface area contributed by atoms with Crippen LogP contribution in [0.5, 0.6) is 11.5 Å². The van der Waals surface area contributed by atoms with Crippen molar-refractivity contribution in [1.29, 1.82) is 0 Å². The number of nitrogens with two attached hydrogens (primary N) is 1. The molecule has 8 rings (SSSR count). The van der Waals surface area contributed by atoms with Crippen molar-refractivity contribution >= 4 is 58.2 Å². The number of rotatable bonds is 8. The number of hydrogen-bond donors (Lipinski definition) is 7. The highest BCUT2D eigenvalue weighted by Crippen LogP contribution is 2.29. The minimum Gasteiger partial charge on any atom is -0.482 e. The molecule has 6 heterocycles. The van der Waals surface area contributed by atoms with Gasteiger partial charge in [0, 0.05) is 25.2 Å². The first kappa shape index (κ1) is 37.2. The normalized spacial score (nSPS) is 12.8. The molecule has 0 aliphatic carbocycles. The van der Waals surface area contributed by atoms with Gasteiger partial charge >= 0.3 is 5.97 Å². The number of carboxylic acids is 1. The van der Waals surface area contributed by atoms with Crippen LogP contribution in [0.4, 0.5) is 20.2 Å². The number of halogens is 2. The van der Waals surface area contributed by atoms with Crippen molar-refractivity contribution < 1.29 is 52.1 Å². The van der Waals surface area contributed by atoms with Gasteiger partial charge in [-0.3, -0.25) is 29.4 Å². The number of amides is 5. The zero-order valence-corrected chi connectivity index (χ0v) is 28.8. The molecule has 4 aromatic heterocycles. The molecule has 2 aliphatic rings. The standard InChI is InChI=1S/C17H14FN7O4.C17H12FN5O5/c18-9-6-21-25-12(17(28)24-19)4-11(23-15(9)25)16(27)20-5-8-1-2-13-10(3-8)22-14(26)7-29-13;18-9-6-20-23-12(17(26)27)4-11(22-15(9)23)16(25)19-5-8-1-2-13-10(3-8)21-14(24)7-28-13/h1-4,6H,5,7,19H2,(H,20,27)(H,22,26)(H,24,28);1-4,6H,5,7H2,(H,19,25)(H,21,24)(H,26,27). The molecule has 0 spiro atoms. The van der Waals surface area contributed by atoms with E-state index in [1.807, 2.05) is 5.43 Å². The van der Waals surface area contributed by atoms with E-state index in [0.717, 1.165) is 33.6 Å². The lowest BCUT2D eigenvalue weighted by atomic mass is 10.1. The molecule has 2 aliphatic heterocycles. The number of carbonyl (C=O) groups excluding carboxylic acids is 5. The molecule has 6 aromatic rings. The van der Waals surface area contributed by atoms with Crippen molar-refractivity contribution in [2.75, 3.05) is 23.8 Å². The van der Waals surface area contributed by atoms with Crippen LogP contribution in [0.3, 0.4) is 0 Å². The van der Waals surface area contributed by atoms with Crippen LogP contribution in [0.15, 0.2) is 60.9 Å². The molecule has 0 bridgehead atoms. The van der Waals surface area contributed by atoms with E-state index in [0.29, 0.717) is 34.0 Å². The van der Waals surface area contributed by atoms with Gasteiger partial charge in [0.1, 0.15) is 28.6 Å². The monoisotopic (exact) mass is 784 g/mol. The molecule has 57 heavy (non-hydrogen) atoms. The molecular weight excluding hydrogens is 758 g/mol. The van der Waals surface area contributed by atoms with Crippen LogP contribution >= 0.6 is 0 Å². The zero-order chi connectivity index (χ0) is 40.4. The molecule has 21 nitrogen and oxygen atoms in total. The average molecular weight is 785 g/mol. The number of aromatic carboxylic acids is 1. The molecule has 2 aromatic carbocycles. The number of carboxylic acid groups (broad SMARTS) is 1. The summed E-state index contributed by atoms with van der Waals surface area (Å²) < 4.78 is 39.9. The molecule has 0 saturated heterocycles. The predicted molar refractivity (Wildman–Crippen MR) is 188 cm³/mol. The Balaban J connectivity index is 0.000000174. The fourth-order valence-corrected chi connectivity index (χ4v) is 5.52. The zero-order valence-electron chi connectivity index (χ0n) is 28.8. The lowest BCUT2D eigenvalue weighted by Crippen LogP contribution is -2.33. The summed E-state index contributed by atoms with van der Waals surface area (Å²) in [6.07, 6.45) is 1.70. The van der Waals surface area contributed by atoms with Crippen molar-refractivity contribution in [3.63, 3.8) is 0 Å². The van der Waals surface area contributed by atoms with E-state index in [4.69, 9.17) is 15.3 Å². The Labute approximate surface area is 316 Å². The van der Waals surface area contributed by atoms with Gasteiger partial charge in [0.2, 0.25) is 0 Å². The van der Waals surface area contributed by atoms with Gasteiger partial charge in [-0.15, -0.1) is 0 Å². The second-order valence-corrected chi connectivity index (χ2v) is 12.0. The van der Waals surface area contributed by atoms with Gasteiger partial charge in [0.15, 0.2) is 41.8 Å². The number of fused-ring (bicyclic) bond motifs is 4. The second-order valence-electron chi connectivity index (χ2n) is 12.0. The molecule has 0 fully saturated rings. The predicted octanol–water partition coefficient (Wildman–Crippen LogP) is 0.560. The summed E-state index contributed by atoms with van der Waals surface area (Å²) in [5.74, 6) is 0.507. The second kappa shape index (κ2) is 15.3. The third-order valence-corrected chi connectivity index (χ3v) is 8.17. The topological polar surface area (TPSA) is 288 Å². The highest BCUT2D eigenvalue weighted by Gasteiger charge is 2.22. The molecule has 0 saturated carbocycles. The molecule has 8 N–H and O–H groups in total. The number of nitrogens with one attached hydrogen (secondary N) is 5. The number of hydrazine groups is 1. The van der Waals surface area contributed by atoms with E-state index >= 15 is 0 Å². The van der Waals surface area contributed by atoms with E-state index in [1.165, 1.54) is 0 Å². The van der Waals surface area contributed by atoms with Crippen molar-refractivity contribution in [2.45, 2.75) is 13.1 Å². The lowest BCUT2D eigenvalue weighted by Gasteiger charge is -2.18. The maximum Gasteiger partial charge on any atom is 0.354 e. The Morgan fingerprint density at radius 1 is 0.719 bits per heavy atom. The summed E-state index contributed by atoms with van der Waals surface area (Å²) >= 11 is 0. The number of carbonyl (C=O) groups is 6. The van der Waals surface area contributed by atoms with E-state index < -0.39 is 41.0 Å². The van der Waals surface area contributed by atoms with E-state index in [-0.39, 0.29) is 66.5 Å². The fourth-order valence-electron chi connectivity index (χ4n) is 5.52. The van der Waals surface area contributed by atoms with Gasteiger partial charge in [0.05, 0.1) is 23.8 Å². The molecule has 0 unspecified atom stereocenters.